The molecule has 1 amide bonds. The van der Waals surface area contributed by atoms with Crippen LogP contribution in [0.4, 0.5) is 4.39 Å². The lowest BCUT2D eigenvalue weighted by Gasteiger charge is -2.20. The number of hydrogen-bond donors (Lipinski definition) is 2. The molecule has 2 aromatic carbocycles. The summed E-state index contributed by atoms with van der Waals surface area (Å²) in [5.41, 5.74) is 5.17. The highest BCUT2D eigenvalue weighted by Gasteiger charge is 2.26. The first-order valence-corrected chi connectivity index (χ1v) is 11.8. The molecule has 2 aromatic rings. The largest absolute Gasteiger partial charge is 0.394 e. The van der Waals surface area contributed by atoms with Gasteiger partial charge in [-0.05, 0) is 76.6 Å². The Balaban J connectivity index is 1.97. The number of carbonyl (C=O) groups is 1. The second-order valence-electron chi connectivity index (χ2n) is 8.15. The number of hydrogen-bond acceptors (Lipinski definition) is 3. The Bertz CT molecular complexity index is 1070. The van der Waals surface area contributed by atoms with Gasteiger partial charge in [0, 0.05) is 22.0 Å². The molecule has 0 saturated heterocycles. The second kappa shape index (κ2) is 9.71. The van der Waals surface area contributed by atoms with Gasteiger partial charge in [-0.15, -0.1) is 0 Å². The van der Waals surface area contributed by atoms with Crippen LogP contribution in [0.25, 0.3) is 17.2 Å². The Kier molecular flexibility index (Phi) is 7.23. The van der Waals surface area contributed by atoms with Gasteiger partial charge in [0.1, 0.15) is 5.82 Å². The molecule has 2 N–H and O–H groups in total. The average molecular weight is 442 g/mol. The molecule has 1 aliphatic carbocycles. The van der Waals surface area contributed by atoms with Gasteiger partial charge < -0.3 is 10.4 Å². The highest BCUT2D eigenvalue weighted by Crippen LogP contribution is 2.43. The van der Waals surface area contributed by atoms with E-state index in [9.17, 15) is 18.5 Å². The van der Waals surface area contributed by atoms with Crippen molar-refractivity contribution in [2.45, 2.75) is 38.1 Å². The van der Waals surface area contributed by atoms with E-state index in [4.69, 9.17) is 0 Å². The molecule has 2 atom stereocenters. The number of halogens is 1. The van der Waals surface area contributed by atoms with Gasteiger partial charge in [-0.2, -0.15) is 0 Å². The molecule has 0 heterocycles. The van der Waals surface area contributed by atoms with E-state index in [0.717, 1.165) is 38.3 Å². The van der Waals surface area contributed by atoms with E-state index in [1.807, 2.05) is 51.1 Å². The van der Waals surface area contributed by atoms with E-state index in [2.05, 4.69) is 5.32 Å². The van der Waals surface area contributed by atoms with Crippen molar-refractivity contribution in [1.29, 1.82) is 0 Å². The molecule has 0 saturated carbocycles. The van der Waals surface area contributed by atoms with Gasteiger partial charge in [-0.25, -0.2) is 4.39 Å². The van der Waals surface area contributed by atoms with Crippen LogP contribution in [0.3, 0.4) is 0 Å². The maximum Gasteiger partial charge on any atom is 0.224 e. The molecule has 3 rings (SSSR count). The maximum absolute atomic E-state index is 14.0. The number of rotatable bonds is 7. The molecule has 0 spiro atoms. The van der Waals surface area contributed by atoms with Crippen molar-refractivity contribution >= 4 is 33.9 Å². The molecule has 0 aromatic heterocycles. The van der Waals surface area contributed by atoms with Gasteiger partial charge >= 0.3 is 0 Å². The monoisotopic (exact) mass is 441 g/mol. The van der Waals surface area contributed by atoms with Crippen molar-refractivity contribution < 1.29 is 18.5 Å². The smallest absolute Gasteiger partial charge is 0.224 e. The third-order valence-corrected chi connectivity index (χ3v) is 6.60. The van der Waals surface area contributed by atoms with Gasteiger partial charge in [0.2, 0.25) is 5.91 Å². The number of fused-ring (bicyclic) bond motifs is 1. The minimum Gasteiger partial charge on any atom is -0.394 e. The maximum atomic E-state index is 14.0. The summed E-state index contributed by atoms with van der Waals surface area (Å²) >= 11 is 0. The Labute approximate surface area is 185 Å². The lowest BCUT2D eigenvalue weighted by atomic mass is 10.0. The van der Waals surface area contributed by atoms with Crippen LogP contribution in [0.15, 0.2) is 52.9 Å². The highest BCUT2D eigenvalue weighted by atomic mass is 32.2. The first-order chi connectivity index (χ1) is 14.7. The summed E-state index contributed by atoms with van der Waals surface area (Å²) in [7, 11) is -1.04. The Morgan fingerprint density at radius 3 is 2.42 bits per heavy atom. The van der Waals surface area contributed by atoms with Crippen LogP contribution in [0.2, 0.25) is 0 Å². The normalized spacial score (nSPS) is 16.5. The highest BCUT2D eigenvalue weighted by molar-refractivity contribution is 7.84. The van der Waals surface area contributed by atoms with E-state index in [1.54, 1.807) is 12.3 Å². The number of benzene rings is 2. The summed E-state index contributed by atoms with van der Waals surface area (Å²) in [6, 6.07) is 11.8. The fourth-order valence-corrected chi connectivity index (χ4v) is 4.26. The van der Waals surface area contributed by atoms with E-state index in [0.29, 0.717) is 0 Å². The Morgan fingerprint density at radius 1 is 1.16 bits per heavy atom. The van der Waals surface area contributed by atoms with Crippen molar-refractivity contribution in [2.24, 2.45) is 5.92 Å². The third-order valence-electron chi connectivity index (χ3n) is 5.66. The topological polar surface area (TPSA) is 66.4 Å². The minimum atomic E-state index is -1.04. The molecule has 164 valence electrons. The number of aliphatic hydroxyl groups is 1. The number of amides is 1. The molecule has 0 radical (unpaired) electrons. The standard InChI is InChI=1S/C25H28FNO3S/c1-15(2)24(14-28)27-25(29)13-22-16(3)21(20-10-7-18(26)12-23(20)22)11-17-5-8-19(9-6-17)31(4)30/h5-12,15,24,28H,13-14H2,1-4H3,(H,27,29)/b21-11+/t24-,31?/m1/s1. The van der Waals surface area contributed by atoms with Crippen molar-refractivity contribution in [3.05, 3.63) is 70.5 Å². The summed E-state index contributed by atoms with van der Waals surface area (Å²) in [5.74, 6) is -0.447. The summed E-state index contributed by atoms with van der Waals surface area (Å²) in [4.78, 5) is 13.4. The predicted molar refractivity (Wildman–Crippen MR) is 124 cm³/mol. The SMILES string of the molecule is CC1=C(CC(=O)N[C@H](CO)C(C)C)c2cc(F)ccc2/C1=C/c1ccc(S(C)=O)cc1. The molecule has 6 heteroatoms. The van der Waals surface area contributed by atoms with Crippen LogP contribution in [0.5, 0.6) is 0 Å². The molecule has 31 heavy (non-hydrogen) atoms. The van der Waals surface area contributed by atoms with Crippen LogP contribution in [0, 0.1) is 11.7 Å². The number of aliphatic hydroxyl groups excluding tert-OH is 1. The molecule has 0 aliphatic heterocycles. The first-order valence-electron chi connectivity index (χ1n) is 10.3. The van der Waals surface area contributed by atoms with E-state index < -0.39 is 10.8 Å². The van der Waals surface area contributed by atoms with Crippen LogP contribution >= 0.6 is 0 Å². The first kappa shape index (κ1) is 23.1. The zero-order valence-corrected chi connectivity index (χ0v) is 19.1. The van der Waals surface area contributed by atoms with Gasteiger partial charge in [0.05, 0.1) is 19.1 Å². The lowest BCUT2D eigenvalue weighted by Crippen LogP contribution is -2.41. The van der Waals surface area contributed by atoms with Crippen molar-refractivity contribution in [2.75, 3.05) is 12.9 Å². The van der Waals surface area contributed by atoms with E-state index >= 15 is 0 Å². The van der Waals surface area contributed by atoms with Crippen LogP contribution in [-0.2, 0) is 15.6 Å². The quantitative estimate of drug-likeness (QED) is 0.669. The van der Waals surface area contributed by atoms with Crippen LogP contribution < -0.4 is 5.32 Å². The van der Waals surface area contributed by atoms with Gasteiger partial charge in [0.25, 0.3) is 0 Å². The summed E-state index contributed by atoms with van der Waals surface area (Å²) in [5, 5.41) is 12.4. The van der Waals surface area contributed by atoms with Crippen LogP contribution in [-0.4, -0.2) is 34.1 Å². The van der Waals surface area contributed by atoms with Crippen molar-refractivity contribution in [3.8, 4) is 0 Å². The third kappa shape index (κ3) is 5.20. The molecular formula is C25H28FNO3S. The minimum absolute atomic E-state index is 0.105. The van der Waals surface area contributed by atoms with Gasteiger partial charge in [-0.1, -0.05) is 32.0 Å². The summed E-state index contributed by atoms with van der Waals surface area (Å²) in [6.45, 7) is 5.68. The number of nitrogens with one attached hydrogen (secondary N) is 1. The van der Waals surface area contributed by atoms with Gasteiger partial charge in [-0.3, -0.25) is 9.00 Å². The predicted octanol–water partition coefficient (Wildman–Crippen LogP) is 4.41. The fraction of sp³-hybridized carbons (Fsp3) is 0.320. The van der Waals surface area contributed by atoms with E-state index in [-0.39, 0.29) is 36.7 Å². The van der Waals surface area contributed by atoms with Gasteiger partial charge in [0.15, 0.2) is 0 Å². The Morgan fingerprint density at radius 2 is 1.84 bits per heavy atom. The zero-order valence-electron chi connectivity index (χ0n) is 18.2. The lowest BCUT2D eigenvalue weighted by molar-refractivity contribution is -0.121. The van der Waals surface area contributed by atoms with E-state index in [1.165, 1.54) is 12.1 Å². The fourth-order valence-electron chi connectivity index (χ4n) is 3.75. The average Bonchev–Trinajstić information content (AvgIpc) is 2.97. The van der Waals surface area contributed by atoms with Crippen molar-refractivity contribution in [3.63, 3.8) is 0 Å². The second-order valence-corrected chi connectivity index (χ2v) is 9.53. The molecule has 0 fully saturated rings. The molecule has 1 aliphatic rings. The zero-order chi connectivity index (χ0) is 22.7. The summed E-state index contributed by atoms with van der Waals surface area (Å²) < 4.78 is 25.7. The molecular weight excluding hydrogens is 413 g/mol. The molecule has 1 unspecified atom stereocenters. The molecule has 0 bridgehead atoms. The number of carbonyl (C=O) groups excluding carboxylic acids is 1. The molecule has 4 nitrogen and oxygen atoms in total. The Hall–Kier alpha value is -2.57. The summed E-state index contributed by atoms with van der Waals surface area (Å²) in [6.07, 6.45) is 3.75. The number of allylic oxidation sites excluding steroid dienone is 2. The van der Waals surface area contributed by atoms with Crippen LogP contribution in [0.1, 0.15) is 43.9 Å². The van der Waals surface area contributed by atoms with Crippen molar-refractivity contribution in [1.82, 2.24) is 5.32 Å².